The SMILES string of the molecule is CN(CC12CC(C(=O)N3N=CCC3c3cc(F)cc(F)c3)(C1)C2)c1cc(C#N)ncn1. The lowest BCUT2D eigenvalue weighted by atomic mass is 9.34. The van der Waals surface area contributed by atoms with E-state index in [-0.39, 0.29) is 11.3 Å². The van der Waals surface area contributed by atoms with E-state index in [1.165, 1.54) is 23.5 Å². The molecule has 3 saturated carbocycles. The Morgan fingerprint density at radius 2 is 1.94 bits per heavy atom. The lowest BCUT2D eigenvalue weighted by Gasteiger charge is -2.70. The number of carbonyl (C=O) groups excluding carboxylic acids is 1. The van der Waals surface area contributed by atoms with Crippen LogP contribution in [0.3, 0.4) is 0 Å². The Kier molecular flexibility index (Phi) is 4.29. The van der Waals surface area contributed by atoms with Crippen LogP contribution in [0.4, 0.5) is 14.6 Å². The molecular formula is C22H20F2N6O. The van der Waals surface area contributed by atoms with Gasteiger partial charge in [0.15, 0.2) is 0 Å². The highest BCUT2D eigenvalue weighted by molar-refractivity contribution is 5.88. The van der Waals surface area contributed by atoms with Crippen molar-refractivity contribution in [3.63, 3.8) is 0 Å². The van der Waals surface area contributed by atoms with Crippen LogP contribution < -0.4 is 4.90 Å². The fourth-order valence-corrected chi connectivity index (χ4v) is 5.49. The molecule has 4 aliphatic rings. The van der Waals surface area contributed by atoms with E-state index in [1.807, 2.05) is 18.0 Å². The highest BCUT2D eigenvalue weighted by Crippen LogP contribution is 2.74. The van der Waals surface area contributed by atoms with Crippen molar-refractivity contribution in [2.45, 2.75) is 31.7 Å². The smallest absolute Gasteiger partial charge is 0.249 e. The fourth-order valence-electron chi connectivity index (χ4n) is 5.49. The van der Waals surface area contributed by atoms with Gasteiger partial charge in [-0.3, -0.25) is 4.79 Å². The number of hydrazone groups is 1. The minimum absolute atomic E-state index is 0.0338. The summed E-state index contributed by atoms with van der Waals surface area (Å²) in [5, 5.41) is 14.7. The van der Waals surface area contributed by atoms with Crippen molar-refractivity contribution in [3.05, 3.63) is 53.5 Å². The molecule has 7 nitrogen and oxygen atoms in total. The van der Waals surface area contributed by atoms with Crippen LogP contribution in [-0.4, -0.2) is 40.7 Å². The third-order valence-corrected chi connectivity index (χ3v) is 6.63. The van der Waals surface area contributed by atoms with Crippen molar-refractivity contribution in [2.75, 3.05) is 18.5 Å². The Bertz CT molecular complexity index is 1100. The maximum Gasteiger partial charge on any atom is 0.249 e. The number of anilines is 1. The molecule has 0 spiro atoms. The zero-order valence-electron chi connectivity index (χ0n) is 16.9. The van der Waals surface area contributed by atoms with Crippen LogP contribution in [0.5, 0.6) is 0 Å². The zero-order chi connectivity index (χ0) is 21.8. The summed E-state index contributed by atoms with van der Waals surface area (Å²) in [6, 6.07) is 6.53. The number of amides is 1. The van der Waals surface area contributed by atoms with Gasteiger partial charge in [-0.25, -0.2) is 23.8 Å². The Morgan fingerprint density at radius 3 is 2.61 bits per heavy atom. The van der Waals surface area contributed by atoms with E-state index in [0.29, 0.717) is 23.5 Å². The molecule has 31 heavy (non-hydrogen) atoms. The number of hydrogen-bond acceptors (Lipinski definition) is 6. The quantitative estimate of drug-likeness (QED) is 0.739. The summed E-state index contributed by atoms with van der Waals surface area (Å²) in [7, 11) is 1.91. The summed E-state index contributed by atoms with van der Waals surface area (Å²) in [6.07, 6.45) is 5.68. The molecule has 6 rings (SSSR count). The third-order valence-electron chi connectivity index (χ3n) is 6.63. The van der Waals surface area contributed by atoms with E-state index < -0.39 is 23.1 Å². The molecule has 1 aliphatic heterocycles. The predicted octanol–water partition coefficient (Wildman–Crippen LogP) is 3.19. The summed E-state index contributed by atoms with van der Waals surface area (Å²) in [5.41, 5.74) is 0.316. The lowest BCUT2D eigenvalue weighted by Crippen LogP contribution is -2.70. The summed E-state index contributed by atoms with van der Waals surface area (Å²) in [4.78, 5) is 23.4. The largest absolute Gasteiger partial charge is 0.359 e. The van der Waals surface area contributed by atoms with Crippen molar-refractivity contribution in [1.29, 1.82) is 5.26 Å². The van der Waals surface area contributed by atoms with Gasteiger partial charge in [0.05, 0.1) is 11.5 Å². The van der Waals surface area contributed by atoms with E-state index in [4.69, 9.17) is 5.26 Å². The number of nitrogens with zero attached hydrogens (tertiary/aromatic N) is 6. The maximum absolute atomic E-state index is 13.7. The second kappa shape index (κ2) is 6.80. The van der Waals surface area contributed by atoms with Crippen LogP contribution in [0.2, 0.25) is 0 Å². The Balaban J connectivity index is 1.26. The molecule has 0 N–H and O–H groups in total. The Labute approximate surface area is 178 Å². The lowest BCUT2D eigenvalue weighted by molar-refractivity contribution is -0.213. The van der Waals surface area contributed by atoms with Crippen molar-refractivity contribution < 1.29 is 13.6 Å². The van der Waals surface area contributed by atoms with Crippen LogP contribution >= 0.6 is 0 Å². The highest BCUT2D eigenvalue weighted by Gasteiger charge is 2.72. The number of benzene rings is 1. The van der Waals surface area contributed by atoms with Gasteiger partial charge in [0, 0.05) is 38.4 Å². The summed E-state index contributed by atoms with van der Waals surface area (Å²) >= 11 is 0. The predicted molar refractivity (Wildman–Crippen MR) is 108 cm³/mol. The summed E-state index contributed by atoms with van der Waals surface area (Å²) < 4.78 is 27.3. The van der Waals surface area contributed by atoms with Gasteiger partial charge in [-0.2, -0.15) is 10.4 Å². The number of nitriles is 1. The molecule has 0 radical (unpaired) electrons. The average molecular weight is 422 g/mol. The first-order chi connectivity index (χ1) is 14.8. The van der Waals surface area contributed by atoms with Gasteiger partial charge in [0.1, 0.15) is 35.5 Å². The molecule has 2 bridgehead atoms. The van der Waals surface area contributed by atoms with Gasteiger partial charge in [0.2, 0.25) is 5.91 Å². The van der Waals surface area contributed by atoms with E-state index in [1.54, 1.807) is 12.3 Å². The monoisotopic (exact) mass is 422 g/mol. The van der Waals surface area contributed by atoms with E-state index >= 15 is 0 Å². The van der Waals surface area contributed by atoms with Gasteiger partial charge < -0.3 is 4.90 Å². The van der Waals surface area contributed by atoms with Gasteiger partial charge in [-0.15, -0.1) is 0 Å². The molecule has 1 aromatic heterocycles. The molecule has 1 amide bonds. The molecule has 2 heterocycles. The molecule has 1 unspecified atom stereocenters. The molecule has 2 aromatic rings. The van der Waals surface area contributed by atoms with Gasteiger partial charge in [-0.1, -0.05) is 0 Å². The standard InChI is InChI=1S/C22H20F2N6O/c1-29(19-7-17(8-25)26-13-27-19)12-21-9-22(10-21,11-21)20(31)30-18(2-3-28-30)14-4-15(23)6-16(24)5-14/h3-7,13,18H,2,9-12H2,1H3. The van der Waals surface area contributed by atoms with E-state index in [9.17, 15) is 13.6 Å². The zero-order valence-corrected chi connectivity index (χ0v) is 16.9. The molecule has 1 aromatic carbocycles. The number of aromatic nitrogens is 2. The normalized spacial score (nSPS) is 27.9. The molecular weight excluding hydrogens is 402 g/mol. The molecule has 9 heteroatoms. The molecule has 3 aliphatic carbocycles. The number of halogens is 2. The van der Waals surface area contributed by atoms with E-state index in [2.05, 4.69) is 15.1 Å². The maximum atomic E-state index is 13.7. The van der Waals surface area contributed by atoms with Crippen molar-refractivity contribution >= 4 is 17.9 Å². The summed E-state index contributed by atoms with van der Waals surface area (Å²) in [6.45, 7) is 0.728. The Morgan fingerprint density at radius 1 is 1.23 bits per heavy atom. The first-order valence-electron chi connectivity index (χ1n) is 10.1. The van der Waals surface area contributed by atoms with Crippen LogP contribution in [0.25, 0.3) is 0 Å². The molecule has 0 saturated heterocycles. The molecule has 158 valence electrons. The second-order valence-electron chi connectivity index (χ2n) is 8.94. The van der Waals surface area contributed by atoms with Crippen LogP contribution in [-0.2, 0) is 4.79 Å². The topological polar surface area (TPSA) is 85.5 Å². The summed E-state index contributed by atoms with van der Waals surface area (Å²) in [5.74, 6) is -0.722. The van der Waals surface area contributed by atoms with Crippen molar-refractivity contribution in [1.82, 2.24) is 15.0 Å². The van der Waals surface area contributed by atoms with Gasteiger partial charge in [-0.05, 0) is 42.4 Å². The van der Waals surface area contributed by atoms with Gasteiger partial charge in [0.25, 0.3) is 0 Å². The Hall–Kier alpha value is -3.41. The highest BCUT2D eigenvalue weighted by atomic mass is 19.1. The van der Waals surface area contributed by atoms with Gasteiger partial charge >= 0.3 is 0 Å². The first-order valence-corrected chi connectivity index (χ1v) is 10.1. The average Bonchev–Trinajstić information content (AvgIpc) is 3.18. The van der Waals surface area contributed by atoms with Crippen LogP contribution in [0, 0.1) is 33.8 Å². The number of rotatable bonds is 5. The van der Waals surface area contributed by atoms with Crippen LogP contribution in [0.1, 0.15) is 43.0 Å². The third kappa shape index (κ3) is 3.14. The minimum atomic E-state index is -0.661. The van der Waals surface area contributed by atoms with E-state index in [0.717, 1.165) is 31.9 Å². The minimum Gasteiger partial charge on any atom is -0.359 e. The molecule has 1 atom stereocenters. The molecule has 3 fully saturated rings. The van der Waals surface area contributed by atoms with Crippen LogP contribution in [0.15, 0.2) is 35.7 Å². The fraction of sp³-hybridized carbons (Fsp3) is 0.409. The number of carbonyl (C=O) groups is 1. The number of hydrogen-bond donors (Lipinski definition) is 0. The van der Waals surface area contributed by atoms with Crippen molar-refractivity contribution in [2.24, 2.45) is 15.9 Å². The van der Waals surface area contributed by atoms with Crippen molar-refractivity contribution in [3.8, 4) is 6.07 Å². The second-order valence-corrected chi connectivity index (χ2v) is 8.94. The first kappa shape index (κ1) is 19.5.